The van der Waals surface area contributed by atoms with Crippen molar-refractivity contribution in [2.24, 2.45) is 0 Å². The fourth-order valence-electron chi connectivity index (χ4n) is 1.75. The Labute approximate surface area is 105 Å². The fourth-order valence-corrected chi connectivity index (χ4v) is 1.75. The van der Waals surface area contributed by atoms with Crippen LogP contribution in [0.3, 0.4) is 0 Å². The monoisotopic (exact) mass is 236 g/mol. The number of benzene rings is 1. The molecule has 1 atom stereocenters. The van der Waals surface area contributed by atoms with Crippen LogP contribution < -0.4 is 4.74 Å². The van der Waals surface area contributed by atoms with Crippen molar-refractivity contribution < 1.29 is 9.47 Å². The van der Waals surface area contributed by atoms with Gasteiger partial charge < -0.3 is 9.47 Å². The predicted octanol–water partition coefficient (Wildman–Crippen LogP) is 4.40. The quantitative estimate of drug-likeness (QED) is 0.467. The molecule has 2 heteroatoms. The lowest BCUT2D eigenvalue weighted by atomic mass is 10.1. The molecule has 0 spiro atoms. The van der Waals surface area contributed by atoms with Gasteiger partial charge in [-0.25, -0.2) is 0 Å². The van der Waals surface area contributed by atoms with E-state index in [0.717, 1.165) is 12.2 Å². The van der Waals surface area contributed by atoms with Crippen LogP contribution in [-0.4, -0.2) is 12.9 Å². The standard InChI is InChI=1S/C15H24O2/c1-3-5-6-10-13-15(16-4-2)17-14-11-8-7-9-12-14/h7-9,11-12,15H,3-6,10,13H2,1-2H3. The zero-order valence-electron chi connectivity index (χ0n) is 11.0. The highest BCUT2D eigenvalue weighted by molar-refractivity contribution is 5.20. The number of rotatable bonds is 9. The van der Waals surface area contributed by atoms with Gasteiger partial charge in [0.25, 0.3) is 0 Å². The summed E-state index contributed by atoms with van der Waals surface area (Å²) in [6.07, 6.45) is 5.87. The van der Waals surface area contributed by atoms with Gasteiger partial charge in [-0.2, -0.15) is 0 Å². The third kappa shape index (κ3) is 6.32. The molecule has 1 aromatic rings. The Morgan fingerprint density at radius 1 is 1.00 bits per heavy atom. The minimum Gasteiger partial charge on any atom is -0.465 e. The maximum atomic E-state index is 5.81. The number of unbranched alkanes of at least 4 members (excludes halogenated alkanes) is 3. The first-order chi connectivity index (χ1) is 8.36. The number of hydrogen-bond donors (Lipinski definition) is 0. The number of para-hydroxylation sites is 1. The number of hydrogen-bond acceptors (Lipinski definition) is 2. The van der Waals surface area contributed by atoms with Crippen molar-refractivity contribution in [2.75, 3.05) is 6.61 Å². The molecular formula is C15H24O2. The van der Waals surface area contributed by atoms with Crippen molar-refractivity contribution in [1.82, 2.24) is 0 Å². The van der Waals surface area contributed by atoms with Gasteiger partial charge >= 0.3 is 0 Å². The normalized spacial score (nSPS) is 12.4. The van der Waals surface area contributed by atoms with Gasteiger partial charge in [0.15, 0.2) is 6.29 Å². The summed E-state index contributed by atoms with van der Waals surface area (Å²) in [5, 5.41) is 0. The van der Waals surface area contributed by atoms with Gasteiger partial charge in [-0.15, -0.1) is 0 Å². The molecule has 2 nitrogen and oxygen atoms in total. The van der Waals surface area contributed by atoms with Crippen LogP contribution in [0.1, 0.15) is 46.0 Å². The molecule has 0 aliphatic carbocycles. The van der Waals surface area contributed by atoms with Crippen LogP contribution in [0, 0.1) is 0 Å². The molecule has 96 valence electrons. The molecule has 1 rings (SSSR count). The van der Waals surface area contributed by atoms with Crippen LogP contribution in [-0.2, 0) is 4.74 Å². The summed E-state index contributed by atoms with van der Waals surface area (Å²) in [7, 11) is 0. The first-order valence-electron chi connectivity index (χ1n) is 6.70. The SMILES string of the molecule is CCCCCCC(OCC)Oc1ccccc1. The van der Waals surface area contributed by atoms with Crippen LogP contribution in [0.5, 0.6) is 5.75 Å². The second-order valence-electron chi connectivity index (χ2n) is 4.17. The van der Waals surface area contributed by atoms with Crippen molar-refractivity contribution in [3.63, 3.8) is 0 Å². The molecule has 0 aromatic heterocycles. The van der Waals surface area contributed by atoms with Gasteiger partial charge in [0.05, 0.1) is 0 Å². The van der Waals surface area contributed by atoms with Gasteiger partial charge in [-0.3, -0.25) is 0 Å². The molecule has 1 unspecified atom stereocenters. The summed E-state index contributed by atoms with van der Waals surface area (Å²) in [4.78, 5) is 0. The summed E-state index contributed by atoms with van der Waals surface area (Å²) in [5.41, 5.74) is 0. The molecule has 0 amide bonds. The first-order valence-corrected chi connectivity index (χ1v) is 6.70. The van der Waals surface area contributed by atoms with E-state index in [0.29, 0.717) is 6.61 Å². The van der Waals surface area contributed by atoms with Crippen molar-refractivity contribution in [1.29, 1.82) is 0 Å². The van der Waals surface area contributed by atoms with Crippen molar-refractivity contribution in [3.8, 4) is 5.75 Å². The van der Waals surface area contributed by atoms with E-state index in [-0.39, 0.29) is 6.29 Å². The summed E-state index contributed by atoms with van der Waals surface area (Å²) in [6.45, 7) is 4.93. The smallest absolute Gasteiger partial charge is 0.199 e. The Balaban J connectivity index is 2.32. The highest BCUT2D eigenvalue weighted by Crippen LogP contribution is 2.15. The minimum absolute atomic E-state index is 0.0979. The molecule has 0 aliphatic rings. The van der Waals surface area contributed by atoms with Crippen molar-refractivity contribution in [2.45, 2.75) is 52.2 Å². The average Bonchev–Trinajstić information content (AvgIpc) is 2.36. The van der Waals surface area contributed by atoms with E-state index in [1.807, 2.05) is 37.3 Å². The third-order valence-corrected chi connectivity index (χ3v) is 2.66. The Bertz CT molecular complexity index is 272. The lowest BCUT2D eigenvalue weighted by molar-refractivity contribution is -0.0807. The fraction of sp³-hybridized carbons (Fsp3) is 0.600. The average molecular weight is 236 g/mol. The molecule has 0 aliphatic heterocycles. The van der Waals surface area contributed by atoms with E-state index in [4.69, 9.17) is 9.47 Å². The van der Waals surface area contributed by atoms with E-state index in [1.165, 1.54) is 25.7 Å². The Morgan fingerprint density at radius 3 is 2.41 bits per heavy atom. The van der Waals surface area contributed by atoms with Gasteiger partial charge in [0.2, 0.25) is 0 Å². The van der Waals surface area contributed by atoms with Gasteiger partial charge in [0.1, 0.15) is 5.75 Å². The molecule has 1 aromatic carbocycles. The van der Waals surface area contributed by atoms with Crippen molar-refractivity contribution >= 4 is 0 Å². The molecular weight excluding hydrogens is 212 g/mol. The zero-order valence-corrected chi connectivity index (χ0v) is 11.0. The highest BCUT2D eigenvalue weighted by Gasteiger charge is 2.09. The molecule has 0 N–H and O–H groups in total. The maximum Gasteiger partial charge on any atom is 0.199 e. The van der Waals surface area contributed by atoms with E-state index >= 15 is 0 Å². The van der Waals surface area contributed by atoms with Crippen LogP contribution >= 0.6 is 0 Å². The van der Waals surface area contributed by atoms with E-state index in [1.54, 1.807) is 0 Å². The molecule has 0 saturated carbocycles. The van der Waals surface area contributed by atoms with Gasteiger partial charge in [0, 0.05) is 13.0 Å². The lowest BCUT2D eigenvalue weighted by Gasteiger charge is -2.18. The Hall–Kier alpha value is -1.02. The Morgan fingerprint density at radius 2 is 1.76 bits per heavy atom. The second-order valence-corrected chi connectivity index (χ2v) is 4.17. The topological polar surface area (TPSA) is 18.5 Å². The molecule has 0 bridgehead atoms. The van der Waals surface area contributed by atoms with Crippen LogP contribution in [0.25, 0.3) is 0 Å². The van der Waals surface area contributed by atoms with Crippen LogP contribution in [0.15, 0.2) is 30.3 Å². The minimum atomic E-state index is -0.0979. The molecule has 0 radical (unpaired) electrons. The van der Waals surface area contributed by atoms with Crippen LogP contribution in [0.4, 0.5) is 0 Å². The maximum absolute atomic E-state index is 5.81. The van der Waals surface area contributed by atoms with E-state index in [2.05, 4.69) is 6.92 Å². The third-order valence-electron chi connectivity index (χ3n) is 2.66. The van der Waals surface area contributed by atoms with Crippen molar-refractivity contribution in [3.05, 3.63) is 30.3 Å². The van der Waals surface area contributed by atoms with E-state index in [9.17, 15) is 0 Å². The predicted molar refractivity (Wildman–Crippen MR) is 71.2 cm³/mol. The van der Waals surface area contributed by atoms with E-state index < -0.39 is 0 Å². The summed E-state index contributed by atoms with van der Waals surface area (Å²) < 4.78 is 11.4. The summed E-state index contributed by atoms with van der Waals surface area (Å²) in [6, 6.07) is 9.89. The first kappa shape index (κ1) is 14.0. The summed E-state index contributed by atoms with van der Waals surface area (Å²) >= 11 is 0. The van der Waals surface area contributed by atoms with Gasteiger partial charge in [-0.05, 0) is 25.5 Å². The molecule has 0 saturated heterocycles. The highest BCUT2D eigenvalue weighted by atomic mass is 16.7. The summed E-state index contributed by atoms with van der Waals surface area (Å²) in [5.74, 6) is 0.890. The number of ether oxygens (including phenoxy) is 2. The zero-order chi connectivity index (χ0) is 12.3. The van der Waals surface area contributed by atoms with Gasteiger partial charge in [-0.1, -0.05) is 44.4 Å². The second kappa shape index (κ2) is 9.06. The molecule has 0 heterocycles. The largest absolute Gasteiger partial charge is 0.465 e. The Kier molecular flexibility index (Phi) is 7.48. The lowest BCUT2D eigenvalue weighted by Crippen LogP contribution is -2.20. The van der Waals surface area contributed by atoms with Crippen LogP contribution in [0.2, 0.25) is 0 Å². The molecule has 17 heavy (non-hydrogen) atoms. The molecule has 0 fully saturated rings.